The average Bonchev–Trinajstić information content (AvgIpc) is 3.06. The van der Waals surface area contributed by atoms with E-state index in [-0.39, 0.29) is 5.84 Å². The van der Waals surface area contributed by atoms with Crippen LogP contribution in [-0.4, -0.2) is 24.2 Å². The highest BCUT2D eigenvalue weighted by Crippen LogP contribution is 2.28. The van der Waals surface area contributed by atoms with Crippen molar-refractivity contribution >= 4 is 5.84 Å². The van der Waals surface area contributed by atoms with E-state index in [4.69, 9.17) is 15.7 Å². The minimum absolute atomic E-state index is 0.0608. The normalized spacial score (nSPS) is 17.9. The van der Waals surface area contributed by atoms with Gasteiger partial charge in [0, 0.05) is 12.6 Å². The van der Waals surface area contributed by atoms with Crippen molar-refractivity contribution < 1.29 is 9.94 Å². The molecule has 1 aliphatic carbocycles. The Labute approximate surface area is 126 Å². The van der Waals surface area contributed by atoms with Gasteiger partial charge < -0.3 is 21.0 Å². The van der Waals surface area contributed by atoms with Gasteiger partial charge in [0.25, 0.3) is 0 Å². The first kappa shape index (κ1) is 15.6. The fraction of sp³-hybridized carbons (Fsp3) is 0.562. The third kappa shape index (κ3) is 3.88. The smallest absolute Gasteiger partial charge is 0.173 e. The van der Waals surface area contributed by atoms with E-state index >= 15 is 0 Å². The Morgan fingerprint density at radius 3 is 2.81 bits per heavy atom. The Morgan fingerprint density at radius 1 is 1.48 bits per heavy atom. The Kier molecular flexibility index (Phi) is 5.44. The first-order chi connectivity index (χ1) is 10.2. The molecule has 0 aromatic heterocycles. The number of oxime groups is 1. The molecule has 1 aromatic carbocycles. The Bertz CT molecular complexity index is 496. The maximum atomic E-state index is 8.77. The van der Waals surface area contributed by atoms with Crippen molar-refractivity contribution in [1.29, 1.82) is 0 Å². The number of benzene rings is 1. The molecule has 0 bridgehead atoms. The molecule has 0 unspecified atom stereocenters. The van der Waals surface area contributed by atoms with E-state index in [9.17, 15) is 0 Å². The van der Waals surface area contributed by atoms with Crippen LogP contribution in [0.2, 0.25) is 0 Å². The van der Waals surface area contributed by atoms with Crippen molar-refractivity contribution in [1.82, 2.24) is 5.32 Å². The van der Waals surface area contributed by atoms with E-state index in [1.807, 2.05) is 18.2 Å². The summed E-state index contributed by atoms with van der Waals surface area (Å²) in [5.41, 5.74) is 7.36. The second-order valence-electron chi connectivity index (χ2n) is 5.73. The van der Waals surface area contributed by atoms with E-state index in [0.29, 0.717) is 17.4 Å². The van der Waals surface area contributed by atoms with Gasteiger partial charge >= 0.3 is 0 Å². The minimum Gasteiger partial charge on any atom is -0.496 e. The number of ether oxygens (including phenoxy) is 1. The Morgan fingerprint density at radius 2 is 2.19 bits per heavy atom. The lowest BCUT2D eigenvalue weighted by Crippen LogP contribution is -2.31. The summed E-state index contributed by atoms with van der Waals surface area (Å²) in [5, 5.41) is 15.4. The topological polar surface area (TPSA) is 79.9 Å². The van der Waals surface area contributed by atoms with Crippen LogP contribution in [0, 0.1) is 5.92 Å². The van der Waals surface area contributed by atoms with Gasteiger partial charge in [0.2, 0.25) is 0 Å². The number of hydrogen-bond donors (Lipinski definition) is 3. The molecule has 4 N–H and O–H groups in total. The van der Waals surface area contributed by atoms with Crippen molar-refractivity contribution in [2.24, 2.45) is 16.8 Å². The summed E-state index contributed by atoms with van der Waals surface area (Å²) >= 11 is 0. The van der Waals surface area contributed by atoms with Gasteiger partial charge in [0.15, 0.2) is 5.84 Å². The number of nitrogens with zero attached hydrogens (tertiary/aromatic N) is 1. The van der Waals surface area contributed by atoms with Crippen molar-refractivity contribution in [3.05, 3.63) is 29.3 Å². The van der Waals surface area contributed by atoms with Crippen LogP contribution < -0.4 is 15.8 Å². The third-order valence-corrected chi connectivity index (χ3v) is 4.38. The molecule has 1 fully saturated rings. The molecule has 2 rings (SSSR count). The zero-order chi connectivity index (χ0) is 15.2. The summed E-state index contributed by atoms with van der Waals surface area (Å²) in [7, 11) is 1.59. The number of nitrogens with one attached hydrogen (secondary N) is 1. The molecule has 0 heterocycles. The zero-order valence-electron chi connectivity index (χ0n) is 12.8. The monoisotopic (exact) mass is 291 g/mol. The molecule has 116 valence electrons. The molecule has 0 spiro atoms. The summed E-state index contributed by atoms with van der Waals surface area (Å²) in [6, 6.07) is 6.26. The van der Waals surface area contributed by atoms with Crippen molar-refractivity contribution in [2.45, 2.75) is 45.2 Å². The van der Waals surface area contributed by atoms with Gasteiger partial charge in [-0.2, -0.15) is 0 Å². The van der Waals surface area contributed by atoms with Crippen LogP contribution in [0.3, 0.4) is 0 Å². The highest BCUT2D eigenvalue weighted by Gasteiger charge is 2.21. The van der Waals surface area contributed by atoms with Gasteiger partial charge in [-0.05, 0) is 43.4 Å². The SMILES string of the molecule is COc1cc(CN[C@H](C)C2CCCC2)ccc1/C(N)=N/O. The predicted molar refractivity (Wildman–Crippen MR) is 83.8 cm³/mol. The largest absolute Gasteiger partial charge is 0.496 e. The molecule has 0 aliphatic heterocycles. The quantitative estimate of drug-likeness (QED) is 0.325. The molecule has 0 saturated heterocycles. The van der Waals surface area contributed by atoms with Gasteiger partial charge in [-0.25, -0.2) is 0 Å². The average molecular weight is 291 g/mol. The van der Waals surface area contributed by atoms with Crippen LogP contribution in [0.15, 0.2) is 23.4 Å². The Hall–Kier alpha value is -1.75. The second-order valence-corrected chi connectivity index (χ2v) is 5.73. The van der Waals surface area contributed by atoms with Gasteiger partial charge in [0.1, 0.15) is 5.75 Å². The lowest BCUT2D eigenvalue weighted by Gasteiger charge is -2.20. The van der Waals surface area contributed by atoms with Crippen LogP contribution in [-0.2, 0) is 6.54 Å². The molecule has 5 nitrogen and oxygen atoms in total. The van der Waals surface area contributed by atoms with Crippen LogP contribution in [0.25, 0.3) is 0 Å². The summed E-state index contributed by atoms with van der Waals surface area (Å²) in [5.74, 6) is 1.48. The summed E-state index contributed by atoms with van der Waals surface area (Å²) in [6.07, 6.45) is 5.39. The number of nitrogens with two attached hydrogens (primary N) is 1. The number of amidine groups is 1. The van der Waals surface area contributed by atoms with Crippen molar-refractivity contribution in [3.63, 3.8) is 0 Å². The Balaban J connectivity index is 2.00. The van der Waals surface area contributed by atoms with Crippen molar-refractivity contribution in [2.75, 3.05) is 7.11 Å². The predicted octanol–water partition coefficient (Wildman–Crippen LogP) is 2.46. The van der Waals surface area contributed by atoms with E-state index in [2.05, 4.69) is 17.4 Å². The maximum Gasteiger partial charge on any atom is 0.173 e. The highest BCUT2D eigenvalue weighted by molar-refractivity contribution is 5.99. The summed E-state index contributed by atoms with van der Waals surface area (Å²) in [6.45, 7) is 3.06. The number of hydrogen-bond acceptors (Lipinski definition) is 4. The van der Waals surface area contributed by atoms with E-state index in [1.54, 1.807) is 7.11 Å². The highest BCUT2D eigenvalue weighted by atomic mass is 16.5. The van der Waals surface area contributed by atoms with Gasteiger partial charge in [-0.15, -0.1) is 0 Å². The van der Waals surface area contributed by atoms with E-state index < -0.39 is 0 Å². The molecule has 21 heavy (non-hydrogen) atoms. The van der Waals surface area contributed by atoms with Crippen LogP contribution in [0.1, 0.15) is 43.7 Å². The molecular weight excluding hydrogens is 266 g/mol. The molecule has 0 radical (unpaired) electrons. The summed E-state index contributed by atoms with van der Waals surface area (Å²) < 4.78 is 5.32. The minimum atomic E-state index is 0.0608. The molecule has 0 amide bonds. The number of rotatable bonds is 6. The third-order valence-electron chi connectivity index (χ3n) is 4.38. The first-order valence-corrected chi connectivity index (χ1v) is 7.54. The van der Waals surface area contributed by atoms with Crippen LogP contribution in [0.4, 0.5) is 0 Å². The van der Waals surface area contributed by atoms with E-state index in [1.165, 1.54) is 25.7 Å². The molecule has 1 saturated carbocycles. The van der Waals surface area contributed by atoms with Gasteiger partial charge in [-0.1, -0.05) is 24.1 Å². The van der Waals surface area contributed by atoms with Gasteiger partial charge in [-0.3, -0.25) is 0 Å². The molecular formula is C16H25N3O2. The molecule has 1 atom stereocenters. The second kappa shape index (κ2) is 7.31. The lowest BCUT2D eigenvalue weighted by molar-refractivity contribution is 0.318. The first-order valence-electron chi connectivity index (χ1n) is 7.54. The fourth-order valence-corrected chi connectivity index (χ4v) is 3.01. The van der Waals surface area contributed by atoms with Crippen LogP contribution in [0.5, 0.6) is 5.75 Å². The zero-order valence-corrected chi connectivity index (χ0v) is 12.8. The molecule has 1 aliphatic rings. The molecule has 5 heteroatoms. The maximum absolute atomic E-state index is 8.77. The van der Waals surface area contributed by atoms with Crippen molar-refractivity contribution in [3.8, 4) is 5.75 Å². The van der Waals surface area contributed by atoms with E-state index in [0.717, 1.165) is 18.0 Å². The molecule has 1 aromatic rings. The van der Waals surface area contributed by atoms with Crippen LogP contribution >= 0.6 is 0 Å². The fourth-order valence-electron chi connectivity index (χ4n) is 3.01. The van der Waals surface area contributed by atoms with Gasteiger partial charge in [0.05, 0.1) is 12.7 Å². The standard InChI is InChI=1S/C16H25N3O2/c1-11(13-5-3-4-6-13)18-10-12-7-8-14(16(17)19-20)15(9-12)21-2/h7-9,11,13,18,20H,3-6,10H2,1-2H3,(H2,17,19)/t11-/m1/s1. The number of methoxy groups -OCH3 is 1. The lowest BCUT2D eigenvalue weighted by atomic mass is 9.99. The summed E-state index contributed by atoms with van der Waals surface area (Å²) in [4.78, 5) is 0.